The van der Waals surface area contributed by atoms with Crippen molar-refractivity contribution in [3.05, 3.63) is 42.2 Å². The van der Waals surface area contributed by atoms with Gasteiger partial charge in [-0.15, -0.1) is 0 Å². The first-order chi connectivity index (χ1) is 8.47. The van der Waals surface area contributed by atoms with E-state index in [1.54, 1.807) is 24.3 Å². The van der Waals surface area contributed by atoms with Gasteiger partial charge in [-0.2, -0.15) is 13.2 Å². The highest BCUT2D eigenvalue weighted by atomic mass is 19.4. The van der Waals surface area contributed by atoms with Gasteiger partial charge in [0.25, 0.3) is 0 Å². The van der Waals surface area contributed by atoms with E-state index in [4.69, 9.17) is 5.73 Å². The molecule has 0 saturated heterocycles. The van der Waals surface area contributed by atoms with Crippen LogP contribution in [0.4, 0.5) is 30.5 Å². The van der Waals surface area contributed by atoms with E-state index in [9.17, 15) is 13.2 Å². The lowest BCUT2D eigenvalue weighted by molar-refractivity contribution is -0.138. The number of benzene rings is 1. The third-order valence-electron chi connectivity index (χ3n) is 2.19. The fraction of sp³-hybridized carbons (Fsp3) is 0.0909. The van der Waals surface area contributed by atoms with Gasteiger partial charge in [0.1, 0.15) is 0 Å². The van der Waals surface area contributed by atoms with Crippen LogP contribution in [0, 0.1) is 0 Å². The predicted octanol–water partition coefficient (Wildman–Crippen LogP) is 2.82. The summed E-state index contributed by atoms with van der Waals surface area (Å²) in [4.78, 5) is 7.17. The molecule has 0 bridgehead atoms. The van der Waals surface area contributed by atoms with Crippen LogP contribution >= 0.6 is 0 Å². The van der Waals surface area contributed by atoms with Gasteiger partial charge in [0.05, 0.1) is 16.9 Å². The Bertz CT molecular complexity index is 537. The molecule has 7 heteroatoms. The zero-order valence-corrected chi connectivity index (χ0v) is 9.07. The Morgan fingerprint density at radius 3 is 2.22 bits per heavy atom. The Labute approximate surface area is 101 Å². The molecule has 3 N–H and O–H groups in total. The molecule has 0 saturated carbocycles. The maximum atomic E-state index is 12.3. The second-order valence-corrected chi connectivity index (χ2v) is 3.51. The predicted molar refractivity (Wildman–Crippen MR) is 61.2 cm³/mol. The molecule has 0 amide bonds. The number of halogens is 3. The molecule has 0 unspecified atom stereocenters. The van der Waals surface area contributed by atoms with Crippen molar-refractivity contribution in [1.82, 2.24) is 9.97 Å². The van der Waals surface area contributed by atoms with Crippen molar-refractivity contribution in [2.24, 2.45) is 0 Å². The SMILES string of the molecule is Nc1ccccc1Nc1ncc(C(F)(F)F)cn1. The third-order valence-corrected chi connectivity index (χ3v) is 2.19. The van der Waals surface area contributed by atoms with Crippen LogP contribution in [0.3, 0.4) is 0 Å². The van der Waals surface area contributed by atoms with Gasteiger partial charge < -0.3 is 11.1 Å². The number of nitrogens with zero attached hydrogens (tertiary/aromatic N) is 2. The molecule has 0 aliphatic rings. The first kappa shape index (κ1) is 12.2. The maximum absolute atomic E-state index is 12.3. The van der Waals surface area contributed by atoms with Crippen LogP contribution in [0.25, 0.3) is 0 Å². The maximum Gasteiger partial charge on any atom is 0.419 e. The molecule has 4 nitrogen and oxygen atoms in total. The first-order valence-corrected chi connectivity index (χ1v) is 4.97. The lowest BCUT2D eigenvalue weighted by Gasteiger charge is -2.09. The Kier molecular flexibility index (Phi) is 3.05. The largest absolute Gasteiger partial charge is 0.419 e. The van der Waals surface area contributed by atoms with Crippen molar-refractivity contribution in [2.45, 2.75) is 6.18 Å². The molecule has 0 spiro atoms. The summed E-state index contributed by atoms with van der Waals surface area (Å²) >= 11 is 0. The standard InChI is InChI=1S/C11H9F3N4/c12-11(13,14)7-5-16-10(17-6-7)18-9-4-2-1-3-8(9)15/h1-6H,15H2,(H,16,17,18). The summed E-state index contributed by atoms with van der Waals surface area (Å²) in [5, 5.41) is 2.74. The van der Waals surface area contributed by atoms with Crippen molar-refractivity contribution in [1.29, 1.82) is 0 Å². The first-order valence-electron chi connectivity index (χ1n) is 4.97. The van der Waals surface area contributed by atoms with Crippen LogP contribution in [-0.2, 0) is 6.18 Å². The average molecular weight is 254 g/mol. The van der Waals surface area contributed by atoms with Crippen LogP contribution in [0.5, 0.6) is 0 Å². The van der Waals surface area contributed by atoms with Gasteiger partial charge in [-0.3, -0.25) is 0 Å². The van der Waals surface area contributed by atoms with E-state index in [2.05, 4.69) is 15.3 Å². The summed E-state index contributed by atoms with van der Waals surface area (Å²) in [6, 6.07) is 6.82. The topological polar surface area (TPSA) is 63.8 Å². The highest BCUT2D eigenvalue weighted by Gasteiger charge is 2.31. The van der Waals surface area contributed by atoms with E-state index in [0.717, 1.165) is 0 Å². The monoisotopic (exact) mass is 254 g/mol. The molecule has 1 heterocycles. The number of rotatable bonds is 2. The number of hydrogen-bond acceptors (Lipinski definition) is 4. The molecular weight excluding hydrogens is 245 g/mol. The van der Waals surface area contributed by atoms with Crippen molar-refractivity contribution < 1.29 is 13.2 Å². The highest BCUT2D eigenvalue weighted by Crippen LogP contribution is 2.28. The summed E-state index contributed by atoms with van der Waals surface area (Å²) in [5.41, 5.74) is 5.77. The summed E-state index contributed by atoms with van der Waals surface area (Å²) in [7, 11) is 0. The van der Waals surface area contributed by atoms with E-state index < -0.39 is 11.7 Å². The lowest BCUT2D eigenvalue weighted by Crippen LogP contribution is -2.07. The molecule has 2 rings (SSSR count). The third kappa shape index (κ3) is 2.68. The van der Waals surface area contributed by atoms with Gasteiger partial charge in [0.2, 0.25) is 5.95 Å². The summed E-state index contributed by atoms with van der Waals surface area (Å²) in [5.74, 6) is 0.0564. The second-order valence-electron chi connectivity index (χ2n) is 3.51. The minimum atomic E-state index is -4.44. The van der Waals surface area contributed by atoms with E-state index in [1.807, 2.05) is 0 Å². The van der Waals surface area contributed by atoms with Crippen molar-refractivity contribution in [2.75, 3.05) is 11.1 Å². The molecule has 2 aromatic rings. The Morgan fingerprint density at radius 1 is 1.06 bits per heavy atom. The van der Waals surface area contributed by atoms with E-state index in [1.165, 1.54) is 0 Å². The van der Waals surface area contributed by atoms with Crippen molar-refractivity contribution in [3.63, 3.8) is 0 Å². The molecule has 0 fully saturated rings. The van der Waals surface area contributed by atoms with Gasteiger partial charge in [-0.1, -0.05) is 12.1 Å². The molecule has 0 atom stereocenters. The quantitative estimate of drug-likeness (QED) is 0.809. The molecule has 0 radical (unpaired) electrons. The average Bonchev–Trinajstić information content (AvgIpc) is 2.32. The molecule has 94 valence electrons. The minimum absolute atomic E-state index is 0.0564. The van der Waals surface area contributed by atoms with Crippen molar-refractivity contribution >= 4 is 17.3 Å². The number of anilines is 3. The van der Waals surface area contributed by atoms with Gasteiger partial charge in [0.15, 0.2) is 0 Å². The van der Waals surface area contributed by atoms with E-state index >= 15 is 0 Å². The van der Waals surface area contributed by atoms with E-state index in [-0.39, 0.29) is 5.95 Å². The number of nitrogen functional groups attached to an aromatic ring is 1. The fourth-order valence-electron chi connectivity index (χ4n) is 1.27. The molecule has 1 aromatic heterocycles. The molecular formula is C11H9F3N4. The number of alkyl halides is 3. The number of para-hydroxylation sites is 2. The molecule has 1 aromatic carbocycles. The van der Waals surface area contributed by atoms with E-state index in [0.29, 0.717) is 23.8 Å². The van der Waals surface area contributed by atoms with Gasteiger partial charge >= 0.3 is 6.18 Å². The number of nitrogens with two attached hydrogens (primary N) is 1. The molecule has 0 aliphatic carbocycles. The Morgan fingerprint density at radius 2 is 1.67 bits per heavy atom. The van der Waals surface area contributed by atoms with Crippen LogP contribution in [0.15, 0.2) is 36.7 Å². The number of hydrogen-bond donors (Lipinski definition) is 2. The summed E-state index contributed by atoms with van der Waals surface area (Å²) in [6.45, 7) is 0. The summed E-state index contributed by atoms with van der Waals surface area (Å²) in [6.07, 6.45) is -3.01. The number of nitrogens with one attached hydrogen (secondary N) is 1. The second kappa shape index (κ2) is 4.52. The molecule has 0 aliphatic heterocycles. The van der Waals surface area contributed by atoms with Crippen LogP contribution in [0.2, 0.25) is 0 Å². The van der Waals surface area contributed by atoms with Gasteiger partial charge in [0, 0.05) is 12.4 Å². The molecule has 18 heavy (non-hydrogen) atoms. The lowest BCUT2D eigenvalue weighted by atomic mass is 10.3. The summed E-state index contributed by atoms with van der Waals surface area (Å²) < 4.78 is 36.9. The fourth-order valence-corrected chi connectivity index (χ4v) is 1.27. The van der Waals surface area contributed by atoms with Crippen molar-refractivity contribution in [3.8, 4) is 0 Å². The zero-order chi connectivity index (χ0) is 13.2. The highest BCUT2D eigenvalue weighted by molar-refractivity contribution is 5.69. The van der Waals surface area contributed by atoms with Gasteiger partial charge in [-0.05, 0) is 12.1 Å². The van der Waals surface area contributed by atoms with Crippen LogP contribution in [-0.4, -0.2) is 9.97 Å². The smallest absolute Gasteiger partial charge is 0.397 e. The Balaban J connectivity index is 2.19. The van der Waals surface area contributed by atoms with Crippen LogP contribution in [0.1, 0.15) is 5.56 Å². The zero-order valence-electron chi connectivity index (χ0n) is 9.07. The Hall–Kier alpha value is -2.31. The normalized spacial score (nSPS) is 11.3. The van der Waals surface area contributed by atoms with Crippen LogP contribution < -0.4 is 11.1 Å². The minimum Gasteiger partial charge on any atom is -0.397 e. The van der Waals surface area contributed by atoms with Gasteiger partial charge in [-0.25, -0.2) is 9.97 Å². The number of aromatic nitrogens is 2.